The Hall–Kier alpha value is -2.44. The predicted molar refractivity (Wildman–Crippen MR) is 73.8 cm³/mol. The van der Waals surface area contributed by atoms with Gasteiger partial charge in [-0.2, -0.15) is 8.78 Å². The van der Waals surface area contributed by atoms with E-state index in [1.165, 1.54) is 23.3 Å². The van der Waals surface area contributed by atoms with Gasteiger partial charge in [-0.15, -0.1) is 0 Å². The largest absolute Gasteiger partial charge is 0.435 e. The number of carbonyl (C=O) groups is 1. The van der Waals surface area contributed by atoms with Crippen molar-refractivity contribution in [3.05, 3.63) is 42.2 Å². The quantitative estimate of drug-likeness (QED) is 0.852. The van der Waals surface area contributed by atoms with Gasteiger partial charge in [0.15, 0.2) is 5.82 Å². The Morgan fingerprint density at radius 1 is 1.36 bits per heavy atom. The van der Waals surface area contributed by atoms with Gasteiger partial charge >= 0.3 is 6.61 Å². The summed E-state index contributed by atoms with van der Waals surface area (Å²) in [5.74, 6) is 0.524. The number of rotatable bonds is 5. The molecule has 1 amide bonds. The van der Waals surface area contributed by atoms with Crippen LogP contribution in [0.15, 0.2) is 41.1 Å². The summed E-state index contributed by atoms with van der Waals surface area (Å²) in [6.45, 7) is -2.84. The minimum atomic E-state index is -2.84. The normalized spacial score (nSPS) is 20.0. The van der Waals surface area contributed by atoms with Crippen LogP contribution in [-0.4, -0.2) is 24.7 Å². The predicted octanol–water partition coefficient (Wildman–Crippen LogP) is 3.04. The van der Waals surface area contributed by atoms with E-state index < -0.39 is 6.61 Å². The summed E-state index contributed by atoms with van der Waals surface area (Å²) in [7, 11) is 1.65. The highest BCUT2D eigenvalue weighted by molar-refractivity contribution is 5.96. The third-order valence-corrected chi connectivity index (χ3v) is 3.74. The van der Waals surface area contributed by atoms with Crippen molar-refractivity contribution < 1.29 is 22.8 Å². The van der Waals surface area contributed by atoms with Gasteiger partial charge in [0.05, 0.1) is 0 Å². The van der Waals surface area contributed by atoms with E-state index in [2.05, 4.69) is 9.89 Å². The maximum Gasteiger partial charge on any atom is 0.387 e. The second-order valence-electron chi connectivity index (χ2n) is 5.15. The number of hydrogen-bond acceptors (Lipinski definition) is 4. The van der Waals surface area contributed by atoms with Crippen molar-refractivity contribution >= 4 is 11.7 Å². The number of nitrogens with zero attached hydrogens (tertiary/aromatic N) is 2. The van der Waals surface area contributed by atoms with Crippen molar-refractivity contribution in [2.75, 3.05) is 11.9 Å². The average Bonchev–Trinajstić information content (AvgIpc) is 3.10. The van der Waals surface area contributed by atoms with E-state index in [9.17, 15) is 13.6 Å². The molecular weight excluding hydrogens is 294 g/mol. The Morgan fingerprint density at radius 2 is 2.09 bits per heavy atom. The first-order valence-electron chi connectivity index (χ1n) is 6.79. The number of alkyl halides is 2. The van der Waals surface area contributed by atoms with E-state index in [0.717, 1.165) is 12.0 Å². The van der Waals surface area contributed by atoms with Crippen LogP contribution in [0.1, 0.15) is 17.9 Å². The highest BCUT2D eigenvalue weighted by atomic mass is 19.3. The van der Waals surface area contributed by atoms with Crippen molar-refractivity contribution in [2.45, 2.75) is 19.0 Å². The van der Waals surface area contributed by atoms with E-state index in [0.29, 0.717) is 5.82 Å². The number of aromatic nitrogens is 1. The standard InChI is InChI=1S/C15H14F2N2O3/c1-19(13-6-7-21-18-13)14(20)12-8-11(12)9-2-4-10(5-3-9)22-15(16)17/h2-7,11-12,15H,8H2,1H3/t11-,12+/m0/s1. The fourth-order valence-electron chi connectivity index (χ4n) is 2.47. The zero-order chi connectivity index (χ0) is 15.7. The van der Waals surface area contributed by atoms with E-state index in [1.54, 1.807) is 25.2 Å². The Labute approximate surface area is 125 Å². The fraction of sp³-hybridized carbons (Fsp3) is 0.333. The van der Waals surface area contributed by atoms with Crippen molar-refractivity contribution in [3.8, 4) is 5.75 Å². The lowest BCUT2D eigenvalue weighted by Gasteiger charge is -2.13. The van der Waals surface area contributed by atoms with Gasteiger partial charge in [-0.3, -0.25) is 9.69 Å². The number of amides is 1. The van der Waals surface area contributed by atoms with Crippen LogP contribution in [0.4, 0.5) is 14.6 Å². The molecule has 1 heterocycles. The highest BCUT2D eigenvalue weighted by Crippen LogP contribution is 2.48. The van der Waals surface area contributed by atoms with Gasteiger partial charge in [0.25, 0.3) is 0 Å². The SMILES string of the molecule is CN(C(=O)[C@@H]1C[C@H]1c1ccc(OC(F)F)cc1)c1ccon1. The Kier molecular flexibility index (Phi) is 3.79. The van der Waals surface area contributed by atoms with Gasteiger partial charge in [-0.25, -0.2) is 0 Å². The molecular formula is C15H14F2N2O3. The maximum atomic E-state index is 12.3. The number of halogens is 2. The minimum Gasteiger partial charge on any atom is -0.435 e. The molecule has 0 bridgehead atoms. The molecule has 0 saturated heterocycles. The van der Waals surface area contributed by atoms with Gasteiger partial charge in [-0.05, 0) is 30.0 Å². The summed E-state index contributed by atoms with van der Waals surface area (Å²) in [4.78, 5) is 13.8. The van der Waals surface area contributed by atoms with Crippen molar-refractivity contribution in [2.24, 2.45) is 5.92 Å². The minimum absolute atomic E-state index is 0.0354. The van der Waals surface area contributed by atoms with Crippen LogP contribution in [0.3, 0.4) is 0 Å². The number of ether oxygens (including phenoxy) is 1. The molecule has 1 fully saturated rings. The zero-order valence-corrected chi connectivity index (χ0v) is 11.8. The maximum absolute atomic E-state index is 12.3. The number of carbonyl (C=O) groups excluding carboxylic acids is 1. The van der Waals surface area contributed by atoms with Crippen molar-refractivity contribution in [3.63, 3.8) is 0 Å². The number of anilines is 1. The Bertz CT molecular complexity index is 643. The summed E-state index contributed by atoms with van der Waals surface area (Å²) >= 11 is 0. The molecule has 7 heteroatoms. The van der Waals surface area contributed by atoms with E-state index in [-0.39, 0.29) is 23.5 Å². The Balaban J connectivity index is 1.63. The summed E-state index contributed by atoms with van der Waals surface area (Å²) in [5, 5.41) is 3.73. The van der Waals surface area contributed by atoms with E-state index in [4.69, 9.17) is 4.52 Å². The van der Waals surface area contributed by atoms with Crippen molar-refractivity contribution in [1.82, 2.24) is 5.16 Å². The number of benzene rings is 1. The van der Waals surface area contributed by atoms with Crippen LogP contribution in [0.5, 0.6) is 5.75 Å². The van der Waals surface area contributed by atoms with Crippen LogP contribution in [0, 0.1) is 5.92 Å². The summed E-state index contributed by atoms with van der Waals surface area (Å²) in [6, 6.07) is 8.02. The first-order chi connectivity index (χ1) is 10.6. The molecule has 1 aromatic heterocycles. The van der Waals surface area contributed by atoms with Gasteiger partial charge in [-0.1, -0.05) is 17.3 Å². The lowest BCUT2D eigenvalue weighted by atomic mass is 10.1. The van der Waals surface area contributed by atoms with Gasteiger partial charge in [0, 0.05) is 19.0 Å². The fourth-order valence-corrected chi connectivity index (χ4v) is 2.47. The molecule has 0 spiro atoms. The van der Waals surface area contributed by atoms with Gasteiger partial charge in [0.1, 0.15) is 12.0 Å². The molecule has 2 atom stereocenters. The zero-order valence-electron chi connectivity index (χ0n) is 11.8. The van der Waals surface area contributed by atoms with Crippen LogP contribution < -0.4 is 9.64 Å². The molecule has 5 nitrogen and oxygen atoms in total. The van der Waals surface area contributed by atoms with Crippen LogP contribution in [0.25, 0.3) is 0 Å². The van der Waals surface area contributed by atoms with Gasteiger partial charge in [0.2, 0.25) is 5.91 Å². The third-order valence-electron chi connectivity index (χ3n) is 3.74. The van der Waals surface area contributed by atoms with Crippen LogP contribution >= 0.6 is 0 Å². The molecule has 1 aliphatic carbocycles. The molecule has 1 aliphatic rings. The highest BCUT2D eigenvalue weighted by Gasteiger charge is 2.45. The molecule has 2 aromatic rings. The smallest absolute Gasteiger partial charge is 0.387 e. The lowest BCUT2D eigenvalue weighted by molar-refractivity contribution is -0.119. The summed E-state index contributed by atoms with van der Waals surface area (Å²) < 4.78 is 33.2. The first kappa shape index (κ1) is 14.5. The molecule has 22 heavy (non-hydrogen) atoms. The van der Waals surface area contributed by atoms with E-state index in [1.807, 2.05) is 0 Å². The van der Waals surface area contributed by atoms with E-state index >= 15 is 0 Å². The third kappa shape index (κ3) is 2.93. The van der Waals surface area contributed by atoms with Gasteiger partial charge < -0.3 is 9.26 Å². The average molecular weight is 308 g/mol. The molecule has 1 aromatic carbocycles. The first-order valence-corrected chi connectivity index (χ1v) is 6.79. The van der Waals surface area contributed by atoms with Crippen LogP contribution in [-0.2, 0) is 4.79 Å². The Morgan fingerprint density at radius 3 is 2.68 bits per heavy atom. The molecule has 0 radical (unpaired) electrons. The second kappa shape index (κ2) is 5.75. The molecule has 0 aliphatic heterocycles. The second-order valence-corrected chi connectivity index (χ2v) is 5.15. The summed E-state index contributed by atoms with van der Waals surface area (Å²) in [6.07, 6.45) is 2.14. The summed E-state index contributed by atoms with van der Waals surface area (Å²) in [5.41, 5.74) is 0.938. The molecule has 0 N–H and O–H groups in total. The topological polar surface area (TPSA) is 55.6 Å². The van der Waals surface area contributed by atoms with Crippen LogP contribution in [0.2, 0.25) is 0 Å². The molecule has 116 valence electrons. The lowest BCUT2D eigenvalue weighted by Crippen LogP contribution is -2.28. The number of hydrogen-bond donors (Lipinski definition) is 0. The monoisotopic (exact) mass is 308 g/mol. The molecule has 0 unspecified atom stereocenters. The molecule has 1 saturated carbocycles. The van der Waals surface area contributed by atoms with Crippen molar-refractivity contribution in [1.29, 1.82) is 0 Å². The molecule has 3 rings (SSSR count).